The van der Waals surface area contributed by atoms with E-state index in [-0.39, 0.29) is 30.2 Å². The van der Waals surface area contributed by atoms with Gasteiger partial charge in [0.15, 0.2) is 0 Å². The average Bonchev–Trinajstić information content (AvgIpc) is 2.87. The molecule has 23 heavy (non-hydrogen) atoms. The third kappa shape index (κ3) is 3.64. The van der Waals surface area contributed by atoms with Crippen LogP contribution in [0.1, 0.15) is 20.3 Å². The predicted octanol–water partition coefficient (Wildman–Crippen LogP) is 1.61. The van der Waals surface area contributed by atoms with Crippen LogP contribution in [0.25, 0.3) is 0 Å². The molecule has 0 bridgehead atoms. The van der Waals surface area contributed by atoms with Gasteiger partial charge in [0, 0.05) is 31.7 Å². The highest BCUT2D eigenvalue weighted by atomic mass is 16.5. The van der Waals surface area contributed by atoms with Gasteiger partial charge in [-0.05, 0) is 26.0 Å². The van der Waals surface area contributed by atoms with E-state index in [1.807, 2.05) is 44.2 Å². The van der Waals surface area contributed by atoms with E-state index in [4.69, 9.17) is 4.74 Å². The molecule has 6 heteroatoms. The molecule has 3 amide bonds. The number of hydrogen-bond acceptors (Lipinski definition) is 3. The minimum Gasteiger partial charge on any atom is -0.372 e. The summed E-state index contributed by atoms with van der Waals surface area (Å²) in [5.74, 6) is 0.0465. The van der Waals surface area contributed by atoms with Crippen LogP contribution in [0.4, 0.5) is 10.5 Å². The Morgan fingerprint density at radius 1 is 1.13 bits per heavy atom. The second kappa shape index (κ2) is 6.58. The molecule has 0 spiro atoms. The van der Waals surface area contributed by atoms with Gasteiger partial charge in [-0.2, -0.15) is 0 Å². The van der Waals surface area contributed by atoms with Crippen molar-refractivity contribution in [2.45, 2.75) is 38.5 Å². The number of rotatable bonds is 2. The molecule has 0 saturated carbocycles. The monoisotopic (exact) mass is 317 g/mol. The van der Waals surface area contributed by atoms with Crippen LogP contribution in [0.5, 0.6) is 0 Å². The zero-order chi connectivity index (χ0) is 16.4. The number of para-hydroxylation sites is 1. The maximum Gasteiger partial charge on any atom is 0.317 e. The molecule has 3 atom stereocenters. The van der Waals surface area contributed by atoms with Crippen LogP contribution in [0.15, 0.2) is 30.3 Å². The lowest BCUT2D eigenvalue weighted by atomic mass is 10.2. The van der Waals surface area contributed by atoms with Crippen molar-refractivity contribution >= 4 is 17.6 Å². The second-order valence-corrected chi connectivity index (χ2v) is 6.35. The van der Waals surface area contributed by atoms with Crippen molar-refractivity contribution in [3.05, 3.63) is 30.3 Å². The lowest BCUT2D eigenvalue weighted by Crippen LogP contribution is -2.53. The third-order valence-electron chi connectivity index (χ3n) is 4.23. The molecule has 0 unspecified atom stereocenters. The number of morpholine rings is 1. The number of anilines is 1. The first-order chi connectivity index (χ1) is 11.0. The summed E-state index contributed by atoms with van der Waals surface area (Å²) in [7, 11) is 0. The Balaban J connectivity index is 1.59. The number of benzene rings is 1. The number of carbonyl (C=O) groups is 2. The van der Waals surface area contributed by atoms with Crippen molar-refractivity contribution in [1.29, 1.82) is 0 Å². The lowest BCUT2D eigenvalue weighted by Gasteiger charge is -2.35. The molecule has 1 N–H and O–H groups in total. The quantitative estimate of drug-likeness (QED) is 0.901. The SMILES string of the molecule is C[C@@H]1CN(C(=O)N[C@H]2CC(=O)N(c3ccccc3)C2)C[C@H](C)O1. The first-order valence-corrected chi connectivity index (χ1v) is 8.09. The minimum atomic E-state index is -0.149. The van der Waals surface area contributed by atoms with Crippen LogP contribution in [-0.4, -0.2) is 54.7 Å². The van der Waals surface area contributed by atoms with E-state index in [0.717, 1.165) is 5.69 Å². The summed E-state index contributed by atoms with van der Waals surface area (Å²) in [6, 6.07) is 9.30. The molecule has 0 radical (unpaired) electrons. The van der Waals surface area contributed by atoms with Crippen molar-refractivity contribution in [1.82, 2.24) is 10.2 Å². The molecule has 2 heterocycles. The summed E-state index contributed by atoms with van der Waals surface area (Å²) in [5.41, 5.74) is 0.878. The first-order valence-electron chi connectivity index (χ1n) is 8.09. The van der Waals surface area contributed by atoms with Gasteiger partial charge in [-0.1, -0.05) is 18.2 Å². The average molecular weight is 317 g/mol. The van der Waals surface area contributed by atoms with E-state index < -0.39 is 0 Å². The molecule has 2 saturated heterocycles. The predicted molar refractivity (Wildman–Crippen MR) is 87.3 cm³/mol. The van der Waals surface area contributed by atoms with Crippen LogP contribution in [0.3, 0.4) is 0 Å². The molecule has 2 fully saturated rings. The number of nitrogens with one attached hydrogen (secondary N) is 1. The van der Waals surface area contributed by atoms with Gasteiger partial charge in [0.1, 0.15) is 0 Å². The summed E-state index contributed by atoms with van der Waals surface area (Å²) >= 11 is 0. The van der Waals surface area contributed by atoms with E-state index in [0.29, 0.717) is 26.1 Å². The Morgan fingerprint density at radius 2 is 1.78 bits per heavy atom. The smallest absolute Gasteiger partial charge is 0.317 e. The van der Waals surface area contributed by atoms with Crippen LogP contribution in [0.2, 0.25) is 0 Å². The van der Waals surface area contributed by atoms with Crippen molar-refractivity contribution in [2.24, 2.45) is 0 Å². The summed E-state index contributed by atoms with van der Waals surface area (Å²) in [4.78, 5) is 28.1. The van der Waals surface area contributed by atoms with Gasteiger partial charge in [-0.3, -0.25) is 4.79 Å². The molecule has 2 aliphatic rings. The van der Waals surface area contributed by atoms with E-state index in [1.54, 1.807) is 9.80 Å². The van der Waals surface area contributed by atoms with Crippen LogP contribution in [0, 0.1) is 0 Å². The van der Waals surface area contributed by atoms with E-state index in [2.05, 4.69) is 5.32 Å². The minimum absolute atomic E-state index is 0.0375. The van der Waals surface area contributed by atoms with Gasteiger partial charge in [-0.25, -0.2) is 4.79 Å². The highest BCUT2D eigenvalue weighted by Crippen LogP contribution is 2.21. The summed E-state index contributed by atoms with van der Waals surface area (Å²) in [5, 5.41) is 2.99. The molecule has 124 valence electrons. The number of carbonyl (C=O) groups excluding carboxylic acids is 2. The molecule has 3 rings (SSSR count). The zero-order valence-corrected chi connectivity index (χ0v) is 13.6. The Bertz CT molecular complexity index is 568. The fraction of sp³-hybridized carbons (Fsp3) is 0.529. The summed E-state index contributed by atoms with van der Waals surface area (Å²) in [6.45, 7) is 5.61. The number of nitrogens with zero attached hydrogens (tertiary/aromatic N) is 2. The highest BCUT2D eigenvalue weighted by molar-refractivity contribution is 5.96. The van der Waals surface area contributed by atoms with Crippen LogP contribution < -0.4 is 10.2 Å². The first kappa shape index (κ1) is 15.8. The Labute approximate surface area is 136 Å². The van der Waals surface area contributed by atoms with Gasteiger partial charge in [0.2, 0.25) is 5.91 Å². The van der Waals surface area contributed by atoms with Crippen LogP contribution in [-0.2, 0) is 9.53 Å². The molecular weight excluding hydrogens is 294 g/mol. The van der Waals surface area contributed by atoms with Gasteiger partial charge >= 0.3 is 6.03 Å². The number of ether oxygens (including phenoxy) is 1. The fourth-order valence-electron chi connectivity index (χ4n) is 3.27. The standard InChI is InChI=1S/C17H23N3O3/c1-12-9-19(10-13(2)23-12)17(22)18-14-8-16(21)20(11-14)15-6-4-3-5-7-15/h3-7,12-14H,8-11H2,1-2H3,(H,18,22)/t12-,13+,14-/m0/s1. The van der Waals surface area contributed by atoms with Gasteiger partial charge in [0.05, 0.1) is 18.2 Å². The lowest BCUT2D eigenvalue weighted by molar-refractivity contribution is -0.117. The van der Waals surface area contributed by atoms with Gasteiger partial charge < -0.3 is 19.9 Å². The molecule has 1 aromatic rings. The highest BCUT2D eigenvalue weighted by Gasteiger charge is 2.33. The fourth-order valence-corrected chi connectivity index (χ4v) is 3.27. The number of amides is 3. The van der Waals surface area contributed by atoms with Crippen molar-refractivity contribution < 1.29 is 14.3 Å². The van der Waals surface area contributed by atoms with Gasteiger partial charge in [0.25, 0.3) is 0 Å². The maximum atomic E-state index is 12.4. The maximum absolute atomic E-state index is 12.4. The Hall–Kier alpha value is -2.08. The van der Waals surface area contributed by atoms with Crippen molar-refractivity contribution in [3.8, 4) is 0 Å². The largest absolute Gasteiger partial charge is 0.372 e. The normalized spacial score (nSPS) is 28.1. The van der Waals surface area contributed by atoms with E-state index in [9.17, 15) is 9.59 Å². The molecular formula is C17H23N3O3. The number of urea groups is 1. The second-order valence-electron chi connectivity index (χ2n) is 6.35. The molecule has 6 nitrogen and oxygen atoms in total. The van der Waals surface area contributed by atoms with Gasteiger partial charge in [-0.15, -0.1) is 0 Å². The summed E-state index contributed by atoms with van der Waals surface area (Å²) in [6.07, 6.45) is 0.418. The Kier molecular flexibility index (Phi) is 4.52. The van der Waals surface area contributed by atoms with E-state index in [1.165, 1.54) is 0 Å². The summed E-state index contributed by atoms with van der Waals surface area (Å²) < 4.78 is 5.64. The molecule has 2 aliphatic heterocycles. The molecule has 0 aromatic heterocycles. The Morgan fingerprint density at radius 3 is 2.43 bits per heavy atom. The van der Waals surface area contributed by atoms with E-state index >= 15 is 0 Å². The van der Waals surface area contributed by atoms with Crippen molar-refractivity contribution in [3.63, 3.8) is 0 Å². The number of hydrogen-bond donors (Lipinski definition) is 1. The van der Waals surface area contributed by atoms with Crippen LogP contribution >= 0.6 is 0 Å². The molecule has 0 aliphatic carbocycles. The van der Waals surface area contributed by atoms with Crippen molar-refractivity contribution in [2.75, 3.05) is 24.5 Å². The topological polar surface area (TPSA) is 61.9 Å². The molecule has 1 aromatic carbocycles. The zero-order valence-electron chi connectivity index (χ0n) is 13.6. The third-order valence-corrected chi connectivity index (χ3v) is 4.23.